The second-order valence-corrected chi connectivity index (χ2v) is 4.84. The molecule has 1 aromatic carbocycles. The van der Waals surface area contributed by atoms with E-state index in [0.29, 0.717) is 24.5 Å². The van der Waals surface area contributed by atoms with E-state index < -0.39 is 0 Å². The number of likely N-dealkylation sites (N-methyl/N-ethyl adjacent to an activating group) is 1. The molecule has 0 spiro atoms. The molecule has 21 heavy (non-hydrogen) atoms. The van der Waals surface area contributed by atoms with Crippen molar-refractivity contribution in [2.45, 2.75) is 20.4 Å². The number of nitrogens with one attached hydrogen (secondary N) is 2. The highest BCUT2D eigenvalue weighted by Crippen LogP contribution is 2.28. The Bertz CT molecular complexity index is 527. The van der Waals surface area contributed by atoms with Crippen LogP contribution in [0.15, 0.2) is 18.2 Å². The summed E-state index contributed by atoms with van der Waals surface area (Å²) < 4.78 is 5.30. The van der Waals surface area contributed by atoms with Crippen molar-refractivity contribution in [2.75, 3.05) is 31.6 Å². The molecular weight excluding hydrogens is 270 g/mol. The van der Waals surface area contributed by atoms with Crippen LogP contribution in [0.2, 0.25) is 0 Å². The summed E-state index contributed by atoms with van der Waals surface area (Å²) in [5.41, 5.74) is 1.67. The van der Waals surface area contributed by atoms with Crippen LogP contribution in [0.25, 0.3) is 0 Å². The maximum Gasteiger partial charge on any atom is 0.262 e. The first-order valence-electron chi connectivity index (χ1n) is 7.18. The number of nitrogens with zero attached hydrogens (tertiary/aromatic N) is 1. The third-order valence-corrected chi connectivity index (χ3v) is 3.40. The molecule has 0 aromatic heterocycles. The number of fused-ring (bicyclic) bond motifs is 1. The van der Waals surface area contributed by atoms with Crippen LogP contribution in [0.5, 0.6) is 5.75 Å². The lowest BCUT2D eigenvalue weighted by Gasteiger charge is -2.20. The summed E-state index contributed by atoms with van der Waals surface area (Å²) in [4.78, 5) is 24.9. The molecule has 1 heterocycles. The molecule has 2 amide bonds. The topological polar surface area (TPSA) is 70.7 Å². The van der Waals surface area contributed by atoms with Crippen LogP contribution >= 0.6 is 0 Å². The van der Waals surface area contributed by atoms with Gasteiger partial charge in [0.25, 0.3) is 5.91 Å². The Morgan fingerprint density at radius 2 is 2.14 bits per heavy atom. The minimum atomic E-state index is -0.149. The molecular formula is C15H21N3O3. The van der Waals surface area contributed by atoms with Crippen molar-refractivity contribution < 1.29 is 14.3 Å². The van der Waals surface area contributed by atoms with Gasteiger partial charge in [-0.25, -0.2) is 0 Å². The molecule has 1 aromatic rings. The Labute approximate surface area is 124 Å². The molecule has 0 unspecified atom stereocenters. The Morgan fingerprint density at radius 1 is 1.38 bits per heavy atom. The summed E-state index contributed by atoms with van der Waals surface area (Å²) in [6.07, 6.45) is 0. The van der Waals surface area contributed by atoms with Gasteiger partial charge < -0.3 is 20.3 Å². The van der Waals surface area contributed by atoms with E-state index in [-0.39, 0.29) is 18.4 Å². The molecule has 0 radical (unpaired) electrons. The van der Waals surface area contributed by atoms with Gasteiger partial charge in [0, 0.05) is 19.6 Å². The average molecular weight is 291 g/mol. The maximum absolute atomic E-state index is 11.9. The number of hydrogen-bond donors (Lipinski definition) is 2. The molecule has 6 nitrogen and oxygen atoms in total. The fourth-order valence-corrected chi connectivity index (χ4v) is 2.24. The lowest BCUT2D eigenvalue weighted by atomic mass is 10.1. The number of ether oxygens (including phenoxy) is 1. The molecule has 2 rings (SSSR count). The van der Waals surface area contributed by atoms with Crippen LogP contribution < -0.4 is 15.4 Å². The van der Waals surface area contributed by atoms with Gasteiger partial charge in [-0.1, -0.05) is 6.07 Å². The number of hydrogen-bond acceptors (Lipinski definition) is 4. The number of carbonyl (C=O) groups excluding carboxylic acids is 2. The van der Waals surface area contributed by atoms with E-state index >= 15 is 0 Å². The van der Waals surface area contributed by atoms with Crippen LogP contribution in [-0.2, 0) is 16.1 Å². The lowest BCUT2D eigenvalue weighted by Crippen LogP contribution is -2.37. The fourth-order valence-electron chi connectivity index (χ4n) is 2.24. The minimum absolute atomic E-state index is 0.0585. The SMILES string of the molecule is CCN(CC)C(=O)CNCc1ccc2c(c1)NC(=O)CO2. The van der Waals surface area contributed by atoms with Gasteiger partial charge in [0.2, 0.25) is 5.91 Å². The smallest absolute Gasteiger partial charge is 0.262 e. The van der Waals surface area contributed by atoms with Gasteiger partial charge in [-0.2, -0.15) is 0 Å². The summed E-state index contributed by atoms with van der Waals surface area (Å²) in [6, 6.07) is 5.62. The molecule has 0 fully saturated rings. The second kappa shape index (κ2) is 7.08. The summed E-state index contributed by atoms with van der Waals surface area (Å²) in [5, 5.41) is 5.89. The van der Waals surface area contributed by atoms with Crippen molar-refractivity contribution >= 4 is 17.5 Å². The Balaban J connectivity index is 1.88. The van der Waals surface area contributed by atoms with Crippen molar-refractivity contribution in [1.29, 1.82) is 0 Å². The Kier molecular flexibility index (Phi) is 5.16. The molecule has 1 aliphatic heterocycles. The van der Waals surface area contributed by atoms with Crippen molar-refractivity contribution in [3.05, 3.63) is 23.8 Å². The normalized spacial score (nSPS) is 13.1. The van der Waals surface area contributed by atoms with Crippen LogP contribution in [0.4, 0.5) is 5.69 Å². The Hall–Kier alpha value is -2.08. The molecule has 0 saturated heterocycles. The van der Waals surface area contributed by atoms with E-state index in [1.807, 2.05) is 32.0 Å². The van der Waals surface area contributed by atoms with Gasteiger partial charge in [0.1, 0.15) is 5.75 Å². The van der Waals surface area contributed by atoms with Gasteiger partial charge in [-0.3, -0.25) is 9.59 Å². The van der Waals surface area contributed by atoms with Crippen molar-refractivity contribution in [3.63, 3.8) is 0 Å². The molecule has 0 bridgehead atoms. The maximum atomic E-state index is 11.9. The molecule has 114 valence electrons. The number of carbonyl (C=O) groups is 2. The van der Waals surface area contributed by atoms with Crippen LogP contribution in [0, 0.1) is 0 Å². The highest BCUT2D eigenvalue weighted by Gasteiger charge is 2.16. The summed E-state index contributed by atoms with van der Waals surface area (Å²) in [7, 11) is 0. The first kappa shape index (κ1) is 15.3. The zero-order valence-electron chi connectivity index (χ0n) is 12.4. The predicted octanol–water partition coefficient (Wildman–Crippen LogP) is 0.975. The van der Waals surface area contributed by atoms with Gasteiger partial charge in [0.15, 0.2) is 6.61 Å². The monoisotopic (exact) mass is 291 g/mol. The van der Waals surface area contributed by atoms with Gasteiger partial charge >= 0.3 is 0 Å². The third-order valence-electron chi connectivity index (χ3n) is 3.40. The molecule has 0 aliphatic carbocycles. The lowest BCUT2D eigenvalue weighted by molar-refractivity contribution is -0.129. The first-order valence-corrected chi connectivity index (χ1v) is 7.18. The molecule has 2 N–H and O–H groups in total. The first-order chi connectivity index (χ1) is 10.1. The van der Waals surface area contributed by atoms with Gasteiger partial charge in [-0.15, -0.1) is 0 Å². The highest BCUT2D eigenvalue weighted by atomic mass is 16.5. The number of rotatable bonds is 6. The average Bonchev–Trinajstić information content (AvgIpc) is 2.48. The van der Waals surface area contributed by atoms with E-state index in [1.54, 1.807) is 4.90 Å². The quantitative estimate of drug-likeness (QED) is 0.819. The summed E-state index contributed by atoms with van der Waals surface area (Å²) in [6.45, 7) is 6.31. The van der Waals surface area contributed by atoms with E-state index in [9.17, 15) is 9.59 Å². The van der Waals surface area contributed by atoms with Crippen LogP contribution in [0.3, 0.4) is 0 Å². The molecule has 1 aliphatic rings. The van der Waals surface area contributed by atoms with Crippen LogP contribution in [0.1, 0.15) is 19.4 Å². The number of benzene rings is 1. The van der Waals surface area contributed by atoms with E-state index in [4.69, 9.17) is 4.74 Å². The predicted molar refractivity (Wildman–Crippen MR) is 80.2 cm³/mol. The molecule has 0 saturated carbocycles. The Morgan fingerprint density at radius 3 is 2.86 bits per heavy atom. The van der Waals surface area contributed by atoms with Crippen molar-refractivity contribution in [2.24, 2.45) is 0 Å². The zero-order valence-corrected chi connectivity index (χ0v) is 12.4. The van der Waals surface area contributed by atoms with E-state index in [2.05, 4.69) is 10.6 Å². The van der Waals surface area contributed by atoms with Crippen LogP contribution in [-0.4, -0.2) is 43.0 Å². The fraction of sp³-hybridized carbons (Fsp3) is 0.467. The zero-order chi connectivity index (χ0) is 15.2. The number of amides is 2. The van der Waals surface area contributed by atoms with Crippen molar-refractivity contribution in [1.82, 2.24) is 10.2 Å². The standard InChI is InChI=1S/C15H21N3O3/c1-3-18(4-2)15(20)9-16-8-11-5-6-13-12(7-11)17-14(19)10-21-13/h5-7,16H,3-4,8-10H2,1-2H3,(H,17,19). The molecule has 0 atom stereocenters. The number of anilines is 1. The largest absolute Gasteiger partial charge is 0.482 e. The summed E-state index contributed by atoms with van der Waals surface area (Å²) in [5.74, 6) is 0.622. The highest BCUT2D eigenvalue weighted by molar-refractivity contribution is 5.95. The second-order valence-electron chi connectivity index (χ2n) is 4.84. The summed E-state index contributed by atoms with van der Waals surface area (Å²) >= 11 is 0. The van der Waals surface area contributed by atoms with E-state index in [0.717, 1.165) is 18.7 Å². The molecule has 6 heteroatoms. The minimum Gasteiger partial charge on any atom is -0.482 e. The third kappa shape index (κ3) is 3.95. The van der Waals surface area contributed by atoms with Gasteiger partial charge in [0.05, 0.1) is 12.2 Å². The van der Waals surface area contributed by atoms with Gasteiger partial charge in [-0.05, 0) is 31.5 Å². The van der Waals surface area contributed by atoms with Crippen molar-refractivity contribution in [3.8, 4) is 5.75 Å². The van der Waals surface area contributed by atoms with E-state index in [1.165, 1.54) is 0 Å².